The topological polar surface area (TPSA) is 77.2 Å². The van der Waals surface area contributed by atoms with E-state index in [0.717, 1.165) is 6.42 Å². The number of benzene rings is 1. The lowest BCUT2D eigenvalue weighted by atomic mass is 10.2. The maximum atomic E-state index is 12.8. The summed E-state index contributed by atoms with van der Waals surface area (Å²) in [6.07, 6.45) is 1.39. The number of rotatable bonds is 7. The van der Waals surface area contributed by atoms with Gasteiger partial charge in [0.1, 0.15) is 18.2 Å². The molecule has 0 spiro atoms. The van der Waals surface area contributed by atoms with Gasteiger partial charge in [-0.15, -0.1) is 5.10 Å². The Morgan fingerprint density at radius 3 is 2.71 bits per heavy atom. The minimum atomic E-state index is -1.08. The van der Waals surface area contributed by atoms with Gasteiger partial charge in [-0.25, -0.2) is 13.9 Å². The molecular formula is C14H16FN3O3. The van der Waals surface area contributed by atoms with E-state index in [4.69, 9.17) is 9.84 Å². The van der Waals surface area contributed by atoms with Gasteiger partial charge in [-0.3, -0.25) is 0 Å². The SMILES string of the molecule is CCCc1c(C(=O)O)nnn1CCOc1ccc(F)cc1. The molecule has 0 unspecified atom stereocenters. The molecule has 0 aliphatic heterocycles. The number of nitrogens with zero attached hydrogens (tertiary/aromatic N) is 3. The van der Waals surface area contributed by atoms with Gasteiger partial charge < -0.3 is 9.84 Å². The summed E-state index contributed by atoms with van der Waals surface area (Å²) in [4.78, 5) is 11.1. The lowest BCUT2D eigenvalue weighted by Gasteiger charge is -2.08. The zero-order valence-corrected chi connectivity index (χ0v) is 11.6. The van der Waals surface area contributed by atoms with E-state index >= 15 is 0 Å². The second-order valence-corrected chi connectivity index (χ2v) is 4.47. The third kappa shape index (κ3) is 3.77. The summed E-state index contributed by atoms with van der Waals surface area (Å²) in [5, 5.41) is 16.6. The van der Waals surface area contributed by atoms with Gasteiger partial charge in [0, 0.05) is 0 Å². The number of aromatic nitrogens is 3. The second-order valence-electron chi connectivity index (χ2n) is 4.47. The Hall–Kier alpha value is -2.44. The fourth-order valence-corrected chi connectivity index (χ4v) is 1.94. The van der Waals surface area contributed by atoms with E-state index in [0.29, 0.717) is 31.0 Å². The number of carboxylic acid groups (broad SMARTS) is 1. The molecule has 1 aromatic carbocycles. The van der Waals surface area contributed by atoms with Gasteiger partial charge >= 0.3 is 5.97 Å². The Bertz CT molecular complexity index is 610. The Morgan fingerprint density at radius 2 is 2.10 bits per heavy atom. The molecule has 2 rings (SSSR count). The van der Waals surface area contributed by atoms with Crippen molar-refractivity contribution in [2.24, 2.45) is 0 Å². The Kier molecular flexibility index (Phi) is 4.86. The van der Waals surface area contributed by atoms with Gasteiger partial charge in [0.2, 0.25) is 0 Å². The van der Waals surface area contributed by atoms with Crippen molar-refractivity contribution >= 4 is 5.97 Å². The largest absolute Gasteiger partial charge is 0.492 e. The number of hydrogen-bond donors (Lipinski definition) is 1. The first-order valence-electron chi connectivity index (χ1n) is 6.65. The molecule has 0 saturated carbocycles. The van der Waals surface area contributed by atoms with Crippen LogP contribution in [0.3, 0.4) is 0 Å². The molecule has 0 atom stereocenters. The molecule has 0 amide bonds. The molecule has 0 aliphatic carbocycles. The molecule has 0 fully saturated rings. The molecule has 2 aromatic rings. The number of carboxylic acids is 1. The van der Waals surface area contributed by atoms with Crippen molar-refractivity contribution in [3.05, 3.63) is 41.5 Å². The molecule has 112 valence electrons. The first kappa shape index (κ1) is 15.0. The summed E-state index contributed by atoms with van der Waals surface area (Å²) in [5.41, 5.74) is 0.575. The summed E-state index contributed by atoms with van der Waals surface area (Å²) < 4.78 is 19.8. The Balaban J connectivity index is 1.99. The predicted octanol–water partition coefficient (Wildman–Crippen LogP) is 2.15. The molecule has 7 heteroatoms. The molecule has 0 bridgehead atoms. The summed E-state index contributed by atoms with van der Waals surface area (Å²) >= 11 is 0. The van der Waals surface area contributed by atoms with Gasteiger partial charge in [0.05, 0.1) is 12.2 Å². The maximum Gasteiger partial charge on any atom is 0.358 e. The summed E-state index contributed by atoms with van der Waals surface area (Å²) in [6.45, 7) is 2.63. The van der Waals surface area contributed by atoms with Crippen LogP contribution in [0.25, 0.3) is 0 Å². The van der Waals surface area contributed by atoms with Crippen molar-refractivity contribution in [3.8, 4) is 5.75 Å². The van der Waals surface area contributed by atoms with Crippen molar-refractivity contribution < 1.29 is 19.0 Å². The number of aromatic carboxylic acids is 1. The highest BCUT2D eigenvalue weighted by molar-refractivity contribution is 5.86. The molecule has 1 heterocycles. The van der Waals surface area contributed by atoms with E-state index in [1.807, 2.05) is 6.92 Å². The van der Waals surface area contributed by atoms with E-state index < -0.39 is 5.97 Å². The highest BCUT2D eigenvalue weighted by Crippen LogP contribution is 2.12. The number of ether oxygens (including phenoxy) is 1. The van der Waals surface area contributed by atoms with E-state index in [1.54, 1.807) is 0 Å². The summed E-state index contributed by atoms with van der Waals surface area (Å²) in [5.74, 6) is -0.855. The molecule has 6 nitrogen and oxygen atoms in total. The van der Waals surface area contributed by atoms with Crippen LogP contribution in [-0.4, -0.2) is 32.7 Å². The normalized spacial score (nSPS) is 10.6. The molecular weight excluding hydrogens is 277 g/mol. The fourth-order valence-electron chi connectivity index (χ4n) is 1.94. The molecule has 1 N–H and O–H groups in total. The van der Waals surface area contributed by atoms with Gasteiger partial charge in [0.25, 0.3) is 0 Å². The first-order valence-corrected chi connectivity index (χ1v) is 6.65. The first-order chi connectivity index (χ1) is 10.1. The third-order valence-electron chi connectivity index (χ3n) is 2.91. The molecule has 0 aliphatic rings. The van der Waals surface area contributed by atoms with E-state index in [2.05, 4.69) is 10.3 Å². The van der Waals surface area contributed by atoms with Gasteiger partial charge in [0.15, 0.2) is 5.69 Å². The van der Waals surface area contributed by atoms with E-state index in [1.165, 1.54) is 28.9 Å². The van der Waals surface area contributed by atoms with Crippen LogP contribution in [0, 0.1) is 5.82 Å². The standard InChI is InChI=1S/C14H16FN3O3/c1-2-3-12-13(14(19)20)16-17-18(12)8-9-21-11-6-4-10(15)5-7-11/h4-7H,2-3,8-9H2,1H3,(H,19,20). The monoisotopic (exact) mass is 293 g/mol. The lowest BCUT2D eigenvalue weighted by Crippen LogP contribution is -2.13. The highest BCUT2D eigenvalue weighted by Gasteiger charge is 2.17. The van der Waals surface area contributed by atoms with E-state index in [-0.39, 0.29) is 11.5 Å². The summed E-state index contributed by atoms with van der Waals surface area (Å²) in [6, 6.07) is 5.70. The van der Waals surface area contributed by atoms with Crippen LogP contribution >= 0.6 is 0 Å². The fraction of sp³-hybridized carbons (Fsp3) is 0.357. The molecule has 0 saturated heterocycles. The van der Waals surface area contributed by atoms with Crippen LogP contribution in [0.15, 0.2) is 24.3 Å². The van der Waals surface area contributed by atoms with Crippen LogP contribution in [0.5, 0.6) is 5.75 Å². The average Bonchev–Trinajstić information content (AvgIpc) is 2.85. The lowest BCUT2D eigenvalue weighted by molar-refractivity contribution is 0.0689. The second kappa shape index (κ2) is 6.83. The zero-order chi connectivity index (χ0) is 15.2. The molecule has 1 aromatic heterocycles. The molecule has 0 radical (unpaired) electrons. The van der Waals surface area contributed by atoms with Crippen molar-refractivity contribution in [1.29, 1.82) is 0 Å². The quantitative estimate of drug-likeness (QED) is 0.846. The van der Waals surface area contributed by atoms with Crippen LogP contribution in [0.4, 0.5) is 4.39 Å². The van der Waals surface area contributed by atoms with Gasteiger partial charge in [-0.1, -0.05) is 18.6 Å². The number of hydrogen-bond acceptors (Lipinski definition) is 4. The van der Waals surface area contributed by atoms with E-state index in [9.17, 15) is 9.18 Å². The highest BCUT2D eigenvalue weighted by atomic mass is 19.1. The van der Waals surface area contributed by atoms with Crippen LogP contribution in [0.2, 0.25) is 0 Å². The van der Waals surface area contributed by atoms with Crippen molar-refractivity contribution in [3.63, 3.8) is 0 Å². The Labute approximate surface area is 121 Å². The third-order valence-corrected chi connectivity index (χ3v) is 2.91. The van der Waals surface area contributed by atoms with Crippen molar-refractivity contribution in [2.75, 3.05) is 6.61 Å². The maximum absolute atomic E-state index is 12.8. The zero-order valence-electron chi connectivity index (χ0n) is 11.6. The van der Waals surface area contributed by atoms with Crippen LogP contribution < -0.4 is 4.74 Å². The minimum absolute atomic E-state index is 0.0152. The van der Waals surface area contributed by atoms with Gasteiger partial charge in [-0.05, 0) is 30.7 Å². The van der Waals surface area contributed by atoms with Crippen LogP contribution in [0.1, 0.15) is 29.5 Å². The van der Waals surface area contributed by atoms with Gasteiger partial charge in [-0.2, -0.15) is 0 Å². The number of halogens is 1. The molecule has 21 heavy (non-hydrogen) atoms. The predicted molar refractivity (Wildman–Crippen MR) is 72.9 cm³/mol. The smallest absolute Gasteiger partial charge is 0.358 e. The van der Waals surface area contributed by atoms with Crippen LogP contribution in [-0.2, 0) is 13.0 Å². The summed E-state index contributed by atoms with van der Waals surface area (Å²) in [7, 11) is 0. The van der Waals surface area contributed by atoms with Crippen molar-refractivity contribution in [2.45, 2.75) is 26.3 Å². The number of carbonyl (C=O) groups is 1. The average molecular weight is 293 g/mol. The van der Waals surface area contributed by atoms with Crippen molar-refractivity contribution in [1.82, 2.24) is 15.0 Å². The Morgan fingerprint density at radius 1 is 1.38 bits per heavy atom. The minimum Gasteiger partial charge on any atom is -0.492 e.